The van der Waals surface area contributed by atoms with Crippen molar-refractivity contribution in [1.29, 1.82) is 0 Å². The number of carboxylic acid groups (broad SMARTS) is 2. The highest BCUT2D eigenvalue weighted by atomic mass is 32.2. The van der Waals surface area contributed by atoms with Crippen LogP contribution in [0.1, 0.15) is 124 Å². The second-order valence-corrected chi connectivity index (χ2v) is 26.8. The first-order valence-electron chi connectivity index (χ1n) is 34.6. The van der Waals surface area contributed by atoms with E-state index in [1.54, 1.807) is 6.26 Å². The summed E-state index contributed by atoms with van der Waals surface area (Å²) in [5.74, 6) is -19.3. The maximum absolute atomic E-state index is 14.7. The number of nitrogens with one attached hydrogen (secondary N) is 11. The third-order valence-corrected chi connectivity index (χ3v) is 17.4. The molecule has 2 aliphatic rings. The molecule has 0 spiro atoms. The largest absolute Gasteiger partial charge is 0.481 e. The van der Waals surface area contributed by atoms with Crippen LogP contribution in [0.5, 0.6) is 0 Å². The molecular formula is C62H107N23O21S. The van der Waals surface area contributed by atoms with Crippen molar-refractivity contribution in [2.45, 2.75) is 209 Å². The van der Waals surface area contributed by atoms with E-state index in [0.29, 0.717) is 18.6 Å². The quantitative estimate of drug-likeness (QED) is 0.0153. The molecule has 2 fully saturated rings. The normalized spacial score (nSPS) is 17.3. The number of nitrogens with zero attached hydrogens (tertiary/aromatic N) is 4. The number of hydrogen-bond donors (Lipinski definition) is 23. The van der Waals surface area contributed by atoms with Gasteiger partial charge in [-0.1, -0.05) is 13.8 Å². The Labute approximate surface area is 620 Å². The second kappa shape index (κ2) is 47.3. The van der Waals surface area contributed by atoms with Crippen molar-refractivity contribution >= 4 is 124 Å². The van der Waals surface area contributed by atoms with Gasteiger partial charge in [0, 0.05) is 26.2 Å². The van der Waals surface area contributed by atoms with Crippen LogP contribution in [0, 0.1) is 5.92 Å². The number of primary amides is 2. The Kier molecular flexibility index (Phi) is 41.0. The van der Waals surface area contributed by atoms with E-state index in [1.807, 2.05) is 5.32 Å². The highest BCUT2D eigenvalue weighted by Gasteiger charge is 2.43. The lowest BCUT2D eigenvalue weighted by molar-refractivity contribution is -0.144. The van der Waals surface area contributed by atoms with Crippen LogP contribution in [-0.2, 0) is 81.5 Å². The van der Waals surface area contributed by atoms with Crippen LogP contribution in [0.2, 0.25) is 0 Å². The maximum Gasteiger partial charge on any atom is 0.326 e. The van der Waals surface area contributed by atoms with Crippen LogP contribution in [0.15, 0.2) is 9.98 Å². The van der Waals surface area contributed by atoms with E-state index in [4.69, 9.17) is 45.9 Å². The average Bonchev–Trinajstić information content (AvgIpc) is 1.74. The van der Waals surface area contributed by atoms with E-state index >= 15 is 0 Å². The van der Waals surface area contributed by atoms with Gasteiger partial charge in [-0.15, -0.1) is 0 Å². The number of amides is 15. The van der Waals surface area contributed by atoms with Crippen molar-refractivity contribution in [2.24, 2.45) is 61.8 Å². The van der Waals surface area contributed by atoms with Gasteiger partial charge in [0.2, 0.25) is 88.6 Å². The number of guanidine groups is 2. The van der Waals surface area contributed by atoms with Gasteiger partial charge in [-0.2, -0.15) is 11.8 Å². The van der Waals surface area contributed by atoms with Crippen molar-refractivity contribution in [1.82, 2.24) is 68.3 Å². The van der Waals surface area contributed by atoms with Gasteiger partial charge < -0.3 is 135 Å². The Hall–Kier alpha value is -10.3. The monoisotopic (exact) mass is 1540 g/mol. The zero-order valence-corrected chi connectivity index (χ0v) is 61.3. The van der Waals surface area contributed by atoms with E-state index in [9.17, 15) is 102 Å². The highest BCUT2D eigenvalue weighted by Crippen LogP contribution is 2.23. The number of carbonyl (C=O) groups is 17. The number of aliphatic carboxylic acids is 2. The lowest BCUT2D eigenvalue weighted by Gasteiger charge is -2.31. The van der Waals surface area contributed by atoms with Crippen molar-refractivity contribution in [2.75, 3.05) is 57.9 Å². The summed E-state index contributed by atoms with van der Waals surface area (Å²) in [7, 11) is 0. The zero-order valence-electron chi connectivity index (χ0n) is 60.5. The van der Waals surface area contributed by atoms with E-state index in [2.05, 4.69) is 63.2 Å². The maximum atomic E-state index is 14.7. The number of nitrogens with two attached hydrogens (primary N) is 8. The molecule has 2 rings (SSSR count). The molecule has 2 heterocycles. The van der Waals surface area contributed by atoms with E-state index in [1.165, 1.54) is 37.4 Å². The standard InChI is InChI=1S/C62H107N23O21S/c1-29(2)47(57(102)74-30(3)48(93)81-38(60(105)106)25-43(65)89)83-53(98)36(26-45(91)92)80-55(100)41-16-11-22-85(41)59(104)37(24-42(64)88)75-44(90)27-73-49(94)39(28-86)82-51(96)33(14-9-20-72-62(69)70)77-54(99)40-15-10-21-84(40)58(103)35(12-6-7-18-63)79-50(95)32(13-8-19-71-61(67)68)76-52(97)34(17-23-107-5)78-56(101)46(66)31(4)87/h29-41,46-47,86-87H,6-28,63,66H2,1-5H3,(H2,64,88)(H2,65,89)(H,73,94)(H,74,102)(H,75,90)(H,76,97)(H,77,99)(H,78,101)(H,79,95)(H,80,100)(H,81,93)(H,82,96)(H,83,98)(H,91,92)(H,105,106)(H4,67,68,71)(H4,69,70,72). The minimum absolute atomic E-state index is 0.00361. The number of likely N-dealkylation sites (tertiary alicyclic amines) is 2. The molecule has 45 heteroatoms. The van der Waals surface area contributed by atoms with Crippen LogP contribution in [0.3, 0.4) is 0 Å². The number of carbonyl (C=O) groups excluding carboxylic acids is 15. The van der Waals surface area contributed by atoms with E-state index < -0.39 is 224 Å². The number of carboxylic acids is 2. The Bertz CT molecular complexity index is 3190. The molecule has 0 radical (unpaired) electrons. The number of aliphatic imine (C=N–C) groups is 2. The second-order valence-electron chi connectivity index (χ2n) is 25.8. The molecule has 0 aromatic rings. The summed E-state index contributed by atoms with van der Waals surface area (Å²) in [4.78, 5) is 237. The molecule has 0 aliphatic carbocycles. The molecule has 107 heavy (non-hydrogen) atoms. The molecule has 31 N–H and O–H groups in total. The molecule has 0 saturated carbocycles. The number of aliphatic hydroxyl groups excluding tert-OH is 2. The summed E-state index contributed by atoms with van der Waals surface area (Å²) in [5.41, 5.74) is 44.2. The summed E-state index contributed by atoms with van der Waals surface area (Å²) in [6.45, 7) is 3.18. The smallest absolute Gasteiger partial charge is 0.326 e. The predicted octanol–water partition coefficient (Wildman–Crippen LogP) is -11.4. The molecule has 0 aromatic carbocycles. The fourth-order valence-corrected chi connectivity index (χ4v) is 11.5. The molecule has 14 unspecified atom stereocenters. The minimum atomic E-state index is -1.92. The summed E-state index contributed by atoms with van der Waals surface area (Å²) in [5, 5.41) is 65.6. The molecule has 0 bridgehead atoms. The van der Waals surface area contributed by atoms with Gasteiger partial charge in [0.15, 0.2) is 11.9 Å². The van der Waals surface area contributed by atoms with Gasteiger partial charge in [-0.3, -0.25) is 86.7 Å². The molecule has 0 aromatic heterocycles. The Morgan fingerprint density at radius 1 is 0.495 bits per heavy atom. The van der Waals surface area contributed by atoms with Crippen LogP contribution in [-0.4, -0.2) is 285 Å². The van der Waals surface area contributed by atoms with Gasteiger partial charge in [0.25, 0.3) is 0 Å². The van der Waals surface area contributed by atoms with Crippen LogP contribution >= 0.6 is 11.8 Å². The van der Waals surface area contributed by atoms with Gasteiger partial charge in [-0.05, 0) is 115 Å². The van der Waals surface area contributed by atoms with Crippen molar-refractivity contribution < 1.29 is 102 Å². The first-order chi connectivity index (χ1) is 50.3. The SMILES string of the molecule is CSCCC(NC(=O)C(N)C(C)O)C(=O)NC(CCCN=C(N)N)C(=O)NC(CCCCN)C(=O)N1CCCC1C(=O)NC(CCCN=C(N)N)C(=O)NC(CO)C(=O)NCC(=O)NC(CC(N)=O)C(=O)N1CCCC1C(=O)NC(CC(=O)O)C(=O)NC(C(=O)NC(C)C(=O)NC(CC(N)=O)C(=O)O)C(C)C. The van der Waals surface area contributed by atoms with Crippen LogP contribution in [0.4, 0.5) is 0 Å². The molecule has 14 atom stereocenters. The number of hydrogen-bond acceptors (Lipinski definition) is 24. The van der Waals surface area contributed by atoms with Gasteiger partial charge in [0.1, 0.15) is 78.5 Å². The Morgan fingerprint density at radius 3 is 1.41 bits per heavy atom. The number of rotatable bonds is 49. The van der Waals surface area contributed by atoms with E-state index in [-0.39, 0.29) is 109 Å². The number of aliphatic hydroxyl groups is 2. The van der Waals surface area contributed by atoms with Gasteiger partial charge in [-0.25, -0.2) is 4.79 Å². The first kappa shape index (κ1) is 92.8. The fraction of sp³-hybridized carbons (Fsp3) is 0.694. The molecule has 44 nitrogen and oxygen atoms in total. The third-order valence-electron chi connectivity index (χ3n) is 16.8. The highest BCUT2D eigenvalue weighted by molar-refractivity contribution is 7.98. The lowest BCUT2D eigenvalue weighted by Crippen LogP contribution is -2.60. The molecule has 15 amide bonds. The van der Waals surface area contributed by atoms with Crippen LogP contribution in [0.25, 0.3) is 0 Å². The van der Waals surface area contributed by atoms with Gasteiger partial charge >= 0.3 is 11.9 Å². The minimum Gasteiger partial charge on any atom is -0.481 e. The van der Waals surface area contributed by atoms with Crippen molar-refractivity contribution in [3.8, 4) is 0 Å². The topological polar surface area (TPSA) is 743 Å². The summed E-state index contributed by atoms with van der Waals surface area (Å²) in [6, 6.07) is -19.9. The fourth-order valence-electron chi connectivity index (χ4n) is 11.0. The molecule has 2 aliphatic heterocycles. The summed E-state index contributed by atoms with van der Waals surface area (Å²) < 4.78 is 0. The lowest BCUT2D eigenvalue weighted by atomic mass is 10.0. The molecular weight excluding hydrogens is 1430 g/mol. The predicted molar refractivity (Wildman–Crippen MR) is 382 cm³/mol. The summed E-state index contributed by atoms with van der Waals surface area (Å²) >= 11 is 1.36. The van der Waals surface area contributed by atoms with E-state index in [0.717, 1.165) is 11.8 Å². The van der Waals surface area contributed by atoms with Crippen molar-refractivity contribution in [3.63, 3.8) is 0 Å². The zero-order chi connectivity index (χ0) is 80.9. The molecule has 602 valence electrons. The van der Waals surface area contributed by atoms with Gasteiger partial charge in [0.05, 0.1) is 38.5 Å². The summed E-state index contributed by atoms with van der Waals surface area (Å²) in [6.07, 6.45) is -1.30. The Balaban J connectivity index is 2.34. The number of thioether (sulfide) groups is 1. The molecule has 2 saturated heterocycles. The Morgan fingerprint density at radius 2 is 0.944 bits per heavy atom. The first-order valence-corrected chi connectivity index (χ1v) is 35.9. The number of unbranched alkanes of at least 4 members (excludes halogenated alkanes) is 1. The van der Waals surface area contributed by atoms with Crippen LogP contribution < -0.4 is 104 Å². The van der Waals surface area contributed by atoms with Crippen molar-refractivity contribution in [3.05, 3.63) is 0 Å². The third kappa shape index (κ3) is 33.0. The average molecular weight is 1540 g/mol.